The normalized spacial score (nSPS) is 10.5. The maximum Gasteiger partial charge on any atom is 0.162 e. The molecular formula is C17H13BrClNO2. The predicted molar refractivity (Wildman–Crippen MR) is 91.1 cm³/mol. The van der Waals surface area contributed by atoms with E-state index in [1.165, 1.54) is 6.08 Å². The molecule has 0 N–H and O–H groups in total. The number of hydrogen-bond acceptors (Lipinski definition) is 3. The van der Waals surface area contributed by atoms with Crippen molar-refractivity contribution in [2.24, 2.45) is 0 Å². The smallest absolute Gasteiger partial charge is 0.162 e. The number of rotatable bonds is 5. The van der Waals surface area contributed by atoms with Crippen LogP contribution in [0.2, 0.25) is 5.02 Å². The van der Waals surface area contributed by atoms with Crippen molar-refractivity contribution in [2.75, 3.05) is 7.11 Å². The molecule has 2 aromatic rings. The highest BCUT2D eigenvalue weighted by Gasteiger charge is 2.10. The highest BCUT2D eigenvalue weighted by Crippen LogP contribution is 2.35. The third kappa shape index (κ3) is 4.03. The van der Waals surface area contributed by atoms with Crippen molar-refractivity contribution in [1.29, 1.82) is 5.26 Å². The lowest BCUT2D eigenvalue weighted by Crippen LogP contribution is -1.99. The molecule has 2 aromatic carbocycles. The van der Waals surface area contributed by atoms with Crippen LogP contribution in [0.3, 0.4) is 0 Å². The van der Waals surface area contributed by atoms with E-state index in [9.17, 15) is 0 Å². The highest BCUT2D eigenvalue weighted by molar-refractivity contribution is 9.10. The topological polar surface area (TPSA) is 42.2 Å². The fourth-order valence-electron chi connectivity index (χ4n) is 1.85. The molecule has 0 fully saturated rings. The lowest BCUT2D eigenvalue weighted by molar-refractivity contribution is 0.284. The zero-order chi connectivity index (χ0) is 15.9. The van der Waals surface area contributed by atoms with Crippen molar-refractivity contribution in [3.8, 4) is 17.6 Å². The molecular weight excluding hydrogens is 366 g/mol. The average Bonchev–Trinajstić information content (AvgIpc) is 2.53. The fraction of sp³-hybridized carbons (Fsp3) is 0.118. The average molecular weight is 379 g/mol. The number of halogens is 2. The van der Waals surface area contributed by atoms with Gasteiger partial charge in [-0.2, -0.15) is 5.26 Å². The van der Waals surface area contributed by atoms with Gasteiger partial charge in [-0.3, -0.25) is 0 Å². The quantitative estimate of drug-likeness (QED) is 0.669. The van der Waals surface area contributed by atoms with Crippen molar-refractivity contribution < 1.29 is 9.47 Å². The Bertz CT molecular complexity index is 738. The Balaban J connectivity index is 2.24. The first-order chi connectivity index (χ1) is 10.7. The Morgan fingerprint density at radius 2 is 2.05 bits per heavy atom. The number of methoxy groups -OCH3 is 1. The monoisotopic (exact) mass is 377 g/mol. The highest BCUT2D eigenvalue weighted by atomic mass is 79.9. The summed E-state index contributed by atoms with van der Waals surface area (Å²) in [5, 5.41) is 9.28. The Morgan fingerprint density at radius 1 is 1.27 bits per heavy atom. The molecule has 0 atom stereocenters. The van der Waals surface area contributed by atoms with Crippen molar-refractivity contribution >= 4 is 33.6 Å². The molecule has 0 amide bonds. The van der Waals surface area contributed by atoms with Crippen LogP contribution in [-0.4, -0.2) is 7.11 Å². The van der Waals surface area contributed by atoms with E-state index in [4.69, 9.17) is 26.3 Å². The number of allylic oxidation sites excluding steroid dienone is 1. The van der Waals surface area contributed by atoms with Crippen LogP contribution >= 0.6 is 27.5 Å². The van der Waals surface area contributed by atoms with E-state index >= 15 is 0 Å². The Kier molecular flexibility index (Phi) is 5.88. The van der Waals surface area contributed by atoms with Crippen LogP contribution in [0.25, 0.3) is 6.08 Å². The third-order valence-electron chi connectivity index (χ3n) is 2.96. The van der Waals surface area contributed by atoms with Crippen LogP contribution in [0.4, 0.5) is 0 Å². The Hall–Kier alpha value is -1.96. The molecule has 0 radical (unpaired) electrons. The van der Waals surface area contributed by atoms with E-state index in [1.54, 1.807) is 19.3 Å². The Labute approximate surface area is 142 Å². The second kappa shape index (κ2) is 7.88. The molecule has 0 unspecified atom stereocenters. The molecule has 0 aliphatic carbocycles. The minimum absolute atomic E-state index is 0.343. The van der Waals surface area contributed by atoms with Gasteiger partial charge in [0.2, 0.25) is 0 Å². The molecule has 0 saturated heterocycles. The minimum atomic E-state index is 0.343. The van der Waals surface area contributed by atoms with Gasteiger partial charge in [0.25, 0.3) is 0 Å². The summed E-state index contributed by atoms with van der Waals surface area (Å²) >= 11 is 9.58. The van der Waals surface area contributed by atoms with E-state index in [1.807, 2.05) is 36.4 Å². The van der Waals surface area contributed by atoms with E-state index < -0.39 is 0 Å². The summed E-state index contributed by atoms with van der Waals surface area (Å²) in [5.41, 5.74) is 1.74. The summed E-state index contributed by atoms with van der Waals surface area (Å²) in [6, 6.07) is 13.1. The van der Waals surface area contributed by atoms with E-state index in [0.717, 1.165) is 15.6 Å². The first-order valence-electron chi connectivity index (χ1n) is 6.45. The maximum absolute atomic E-state index is 8.62. The zero-order valence-electron chi connectivity index (χ0n) is 11.8. The molecule has 0 saturated carbocycles. The van der Waals surface area contributed by atoms with Gasteiger partial charge in [0.15, 0.2) is 11.5 Å². The van der Waals surface area contributed by atoms with Gasteiger partial charge in [-0.1, -0.05) is 45.7 Å². The van der Waals surface area contributed by atoms with E-state index in [0.29, 0.717) is 23.1 Å². The second-order valence-electron chi connectivity index (χ2n) is 4.37. The molecule has 22 heavy (non-hydrogen) atoms. The summed E-state index contributed by atoms with van der Waals surface area (Å²) < 4.78 is 12.0. The first kappa shape index (κ1) is 16.4. The van der Waals surface area contributed by atoms with Crippen molar-refractivity contribution in [2.45, 2.75) is 6.61 Å². The molecule has 2 rings (SSSR count). The predicted octanol–water partition coefficient (Wildman–Crippen LogP) is 5.23. The van der Waals surface area contributed by atoms with Crippen LogP contribution in [0.5, 0.6) is 11.5 Å². The van der Waals surface area contributed by atoms with E-state index in [2.05, 4.69) is 15.9 Å². The molecule has 0 aromatic heterocycles. The van der Waals surface area contributed by atoms with Gasteiger partial charge in [0, 0.05) is 21.1 Å². The van der Waals surface area contributed by atoms with Crippen LogP contribution in [0.1, 0.15) is 11.1 Å². The molecule has 3 nitrogen and oxygen atoms in total. The fourth-order valence-corrected chi connectivity index (χ4v) is 2.49. The molecule has 0 spiro atoms. The van der Waals surface area contributed by atoms with Gasteiger partial charge < -0.3 is 9.47 Å². The number of hydrogen-bond donors (Lipinski definition) is 0. The molecule has 0 bridgehead atoms. The number of benzene rings is 2. The van der Waals surface area contributed by atoms with Crippen molar-refractivity contribution in [1.82, 2.24) is 0 Å². The van der Waals surface area contributed by atoms with Gasteiger partial charge in [-0.05, 0) is 29.8 Å². The molecule has 0 aliphatic heterocycles. The van der Waals surface area contributed by atoms with Gasteiger partial charge >= 0.3 is 0 Å². The van der Waals surface area contributed by atoms with Crippen molar-refractivity contribution in [3.63, 3.8) is 0 Å². The van der Waals surface area contributed by atoms with Crippen LogP contribution < -0.4 is 9.47 Å². The standard InChI is InChI=1S/C17H13BrClNO2/c1-21-16-9-12(6-4-8-20)14(18)10-17(16)22-11-13-5-2-3-7-15(13)19/h2-7,9-10H,11H2,1H3. The van der Waals surface area contributed by atoms with Gasteiger partial charge in [0.1, 0.15) is 6.61 Å². The third-order valence-corrected chi connectivity index (χ3v) is 4.02. The van der Waals surface area contributed by atoms with Crippen LogP contribution in [-0.2, 0) is 6.61 Å². The lowest BCUT2D eigenvalue weighted by Gasteiger charge is -2.13. The second-order valence-corrected chi connectivity index (χ2v) is 5.63. The summed E-state index contributed by atoms with van der Waals surface area (Å²) in [6.45, 7) is 0.343. The molecule has 112 valence electrons. The zero-order valence-corrected chi connectivity index (χ0v) is 14.2. The maximum atomic E-state index is 8.62. The number of nitrogens with zero attached hydrogens (tertiary/aromatic N) is 1. The minimum Gasteiger partial charge on any atom is -0.493 e. The van der Waals surface area contributed by atoms with E-state index in [-0.39, 0.29) is 0 Å². The lowest BCUT2D eigenvalue weighted by atomic mass is 10.2. The Morgan fingerprint density at radius 3 is 2.73 bits per heavy atom. The summed E-state index contributed by atoms with van der Waals surface area (Å²) in [6.07, 6.45) is 3.11. The first-order valence-corrected chi connectivity index (χ1v) is 7.62. The van der Waals surface area contributed by atoms with Gasteiger partial charge in [-0.15, -0.1) is 0 Å². The van der Waals surface area contributed by atoms with Gasteiger partial charge in [-0.25, -0.2) is 0 Å². The number of ether oxygens (including phenoxy) is 2. The van der Waals surface area contributed by atoms with Crippen molar-refractivity contribution in [3.05, 3.63) is 63.1 Å². The summed E-state index contributed by atoms with van der Waals surface area (Å²) in [4.78, 5) is 0. The summed E-state index contributed by atoms with van der Waals surface area (Å²) in [7, 11) is 1.57. The molecule has 0 aliphatic rings. The molecule has 0 heterocycles. The van der Waals surface area contributed by atoms with Gasteiger partial charge in [0.05, 0.1) is 13.2 Å². The SMILES string of the molecule is COc1cc(C=CC#N)c(Br)cc1OCc1ccccc1Cl. The van der Waals surface area contributed by atoms with Crippen LogP contribution in [0, 0.1) is 11.3 Å². The van der Waals surface area contributed by atoms with Crippen LogP contribution in [0.15, 0.2) is 46.9 Å². The molecule has 5 heteroatoms. The summed E-state index contributed by atoms with van der Waals surface area (Å²) in [5.74, 6) is 1.19. The number of nitriles is 1. The largest absolute Gasteiger partial charge is 0.493 e.